The zero-order valence-corrected chi connectivity index (χ0v) is 14.4. The largest absolute Gasteiger partial charge is 0.352 e. The summed E-state index contributed by atoms with van der Waals surface area (Å²) in [7, 11) is 4.06. The SMILES string of the molecule is CN(C)CCCNC(=O)c1ccc2nc3c(ccc4c[nH][nH]c43)c2c1. The lowest BCUT2D eigenvalue weighted by atomic mass is 10.1. The molecule has 0 bridgehead atoms. The summed E-state index contributed by atoms with van der Waals surface area (Å²) in [6.07, 6.45) is 2.85. The van der Waals surface area contributed by atoms with Crippen molar-refractivity contribution in [2.75, 3.05) is 27.2 Å². The van der Waals surface area contributed by atoms with Crippen LogP contribution in [0.2, 0.25) is 0 Å². The number of benzene rings is 2. The predicted molar refractivity (Wildman–Crippen MR) is 101 cm³/mol. The molecule has 6 heteroatoms. The molecule has 0 saturated carbocycles. The predicted octanol–water partition coefficient (Wildman–Crippen LogP) is 2.88. The minimum Gasteiger partial charge on any atom is -0.352 e. The molecular formula is C19H21N5O. The molecule has 6 nitrogen and oxygen atoms in total. The van der Waals surface area contributed by atoms with E-state index in [2.05, 4.69) is 32.5 Å². The van der Waals surface area contributed by atoms with Gasteiger partial charge in [0.2, 0.25) is 0 Å². The van der Waals surface area contributed by atoms with Crippen molar-refractivity contribution in [2.45, 2.75) is 6.42 Å². The molecule has 1 amide bonds. The minimum absolute atomic E-state index is 0.0377. The van der Waals surface area contributed by atoms with Gasteiger partial charge in [-0.15, -0.1) is 0 Å². The molecular weight excluding hydrogens is 314 g/mol. The molecule has 0 radical (unpaired) electrons. The van der Waals surface area contributed by atoms with Gasteiger partial charge in [-0.3, -0.25) is 9.89 Å². The van der Waals surface area contributed by atoms with Gasteiger partial charge in [-0.1, -0.05) is 12.1 Å². The normalized spacial score (nSPS) is 11.8. The number of fused-ring (bicyclic) bond motifs is 5. The summed E-state index contributed by atoms with van der Waals surface area (Å²) in [5.41, 5.74) is 3.49. The topological polar surface area (TPSA) is 76.8 Å². The summed E-state index contributed by atoms with van der Waals surface area (Å²) in [5.74, 6) is -0.0377. The molecule has 0 aliphatic carbocycles. The lowest BCUT2D eigenvalue weighted by Crippen LogP contribution is -2.27. The van der Waals surface area contributed by atoms with Crippen molar-refractivity contribution in [3.8, 4) is 0 Å². The number of H-pyrrole nitrogens is 2. The van der Waals surface area contributed by atoms with Crippen LogP contribution in [0.1, 0.15) is 16.8 Å². The maximum Gasteiger partial charge on any atom is 0.251 e. The van der Waals surface area contributed by atoms with Crippen molar-refractivity contribution in [2.24, 2.45) is 0 Å². The standard InChI is InChI=1S/C19H21N5O/c1-24(2)9-3-8-20-19(25)12-5-7-16-15(10-12)14-6-4-13-11-21-23-17(13)18(14)22-16/h4-7,10-11,21,23H,3,8-9H2,1-2H3,(H,20,25). The Morgan fingerprint density at radius 3 is 2.92 bits per heavy atom. The van der Waals surface area contributed by atoms with Gasteiger partial charge >= 0.3 is 0 Å². The summed E-state index contributed by atoms with van der Waals surface area (Å²) in [5, 5.41) is 12.3. The minimum atomic E-state index is -0.0377. The number of nitrogens with one attached hydrogen (secondary N) is 3. The van der Waals surface area contributed by atoms with Crippen LogP contribution in [0.3, 0.4) is 0 Å². The first-order valence-corrected chi connectivity index (χ1v) is 8.44. The lowest BCUT2D eigenvalue weighted by Gasteiger charge is -2.10. The van der Waals surface area contributed by atoms with Crippen LogP contribution in [0.5, 0.6) is 0 Å². The molecule has 0 aliphatic heterocycles. The highest BCUT2D eigenvalue weighted by Gasteiger charge is 2.12. The van der Waals surface area contributed by atoms with Crippen LogP contribution >= 0.6 is 0 Å². The Bertz CT molecular complexity index is 1060. The number of nitrogens with zero attached hydrogens (tertiary/aromatic N) is 2. The van der Waals surface area contributed by atoms with Crippen LogP contribution in [0.25, 0.3) is 32.7 Å². The smallest absolute Gasteiger partial charge is 0.251 e. The van der Waals surface area contributed by atoms with E-state index in [0.29, 0.717) is 12.1 Å². The molecule has 25 heavy (non-hydrogen) atoms. The Kier molecular flexibility index (Phi) is 3.89. The fraction of sp³-hybridized carbons (Fsp3) is 0.263. The summed E-state index contributed by atoms with van der Waals surface area (Å²) in [6, 6.07) is 9.81. The van der Waals surface area contributed by atoms with E-state index in [9.17, 15) is 4.79 Å². The second-order valence-corrected chi connectivity index (χ2v) is 6.60. The fourth-order valence-electron chi connectivity index (χ4n) is 3.19. The third kappa shape index (κ3) is 2.85. The highest BCUT2D eigenvalue weighted by atomic mass is 16.1. The van der Waals surface area contributed by atoms with Crippen LogP contribution in [0, 0.1) is 0 Å². The molecule has 2 aromatic heterocycles. The number of rotatable bonds is 5. The Balaban J connectivity index is 1.65. The van der Waals surface area contributed by atoms with Crippen LogP contribution in [0.4, 0.5) is 0 Å². The van der Waals surface area contributed by atoms with Gasteiger partial charge < -0.3 is 15.3 Å². The van der Waals surface area contributed by atoms with E-state index in [1.165, 1.54) is 0 Å². The van der Waals surface area contributed by atoms with Gasteiger partial charge in [0.15, 0.2) is 0 Å². The molecule has 4 aromatic rings. The van der Waals surface area contributed by atoms with E-state index in [1.54, 1.807) is 0 Å². The summed E-state index contributed by atoms with van der Waals surface area (Å²) in [6.45, 7) is 1.63. The molecule has 0 unspecified atom stereocenters. The fourth-order valence-corrected chi connectivity index (χ4v) is 3.19. The second-order valence-electron chi connectivity index (χ2n) is 6.60. The number of aromatic nitrogens is 3. The van der Waals surface area contributed by atoms with E-state index in [0.717, 1.165) is 45.7 Å². The Morgan fingerprint density at radius 2 is 2.08 bits per heavy atom. The quantitative estimate of drug-likeness (QED) is 0.491. The third-order valence-corrected chi connectivity index (χ3v) is 4.48. The van der Waals surface area contributed by atoms with Gasteiger partial charge in [0.1, 0.15) is 0 Å². The number of amides is 1. The van der Waals surface area contributed by atoms with Crippen LogP contribution < -0.4 is 5.32 Å². The monoisotopic (exact) mass is 335 g/mol. The molecule has 3 N–H and O–H groups in total. The molecule has 2 aromatic carbocycles. The number of carbonyl (C=O) groups excluding carboxylic acids is 1. The van der Waals surface area contributed by atoms with Crippen LogP contribution in [0.15, 0.2) is 36.5 Å². The first-order chi connectivity index (χ1) is 12.1. The van der Waals surface area contributed by atoms with E-state index in [4.69, 9.17) is 4.98 Å². The van der Waals surface area contributed by atoms with E-state index in [1.807, 2.05) is 38.5 Å². The van der Waals surface area contributed by atoms with Crippen molar-refractivity contribution in [1.82, 2.24) is 25.4 Å². The van der Waals surface area contributed by atoms with Gasteiger partial charge in [-0.25, -0.2) is 4.98 Å². The first-order valence-electron chi connectivity index (χ1n) is 8.44. The average molecular weight is 335 g/mol. The zero-order valence-electron chi connectivity index (χ0n) is 14.4. The van der Waals surface area contributed by atoms with Gasteiger partial charge in [-0.05, 0) is 45.3 Å². The van der Waals surface area contributed by atoms with Crippen LogP contribution in [-0.4, -0.2) is 53.2 Å². The molecule has 4 rings (SSSR count). The Labute approximate surface area is 145 Å². The molecule has 128 valence electrons. The summed E-state index contributed by atoms with van der Waals surface area (Å²) < 4.78 is 0. The summed E-state index contributed by atoms with van der Waals surface area (Å²) in [4.78, 5) is 19.2. The van der Waals surface area contributed by atoms with Crippen LogP contribution in [-0.2, 0) is 0 Å². The molecule has 0 saturated heterocycles. The van der Waals surface area contributed by atoms with Crippen molar-refractivity contribution in [1.29, 1.82) is 0 Å². The Hall–Kier alpha value is -2.86. The lowest BCUT2D eigenvalue weighted by molar-refractivity contribution is 0.0952. The van der Waals surface area contributed by atoms with E-state index < -0.39 is 0 Å². The number of aromatic amines is 2. The molecule has 0 aliphatic rings. The van der Waals surface area contributed by atoms with E-state index in [-0.39, 0.29) is 5.91 Å². The van der Waals surface area contributed by atoms with Gasteiger partial charge in [0.05, 0.1) is 16.6 Å². The summed E-state index contributed by atoms with van der Waals surface area (Å²) >= 11 is 0. The van der Waals surface area contributed by atoms with Gasteiger partial charge in [0.25, 0.3) is 5.91 Å². The molecule has 2 heterocycles. The van der Waals surface area contributed by atoms with Crippen molar-refractivity contribution in [3.05, 3.63) is 42.1 Å². The Morgan fingerprint density at radius 1 is 1.20 bits per heavy atom. The van der Waals surface area contributed by atoms with Crippen molar-refractivity contribution < 1.29 is 4.79 Å². The van der Waals surface area contributed by atoms with Gasteiger partial charge in [-0.2, -0.15) is 0 Å². The number of carbonyl (C=O) groups is 1. The highest BCUT2D eigenvalue weighted by Crippen LogP contribution is 2.30. The van der Waals surface area contributed by atoms with Crippen molar-refractivity contribution in [3.63, 3.8) is 0 Å². The number of hydrogen-bond donors (Lipinski definition) is 3. The molecule has 0 fully saturated rings. The molecule has 0 spiro atoms. The maximum atomic E-state index is 12.4. The highest BCUT2D eigenvalue weighted by molar-refractivity contribution is 6.16. The third-order valence-electron chi connectivity index (χ3n) is 4.48. The zero-order chi connectivity index (χ0) is 17.4. The second kappa shape index (κ2) is 6.22. The molecule has 0 atom stereocenters. The first kappa shape index (κ1) is 15.7. The van der Waals surface area contributed by atoms with E-state index >= 15 is 0 Å². The number of hydrogen-bond acceptors (Lipinski definition) is 3. The van der Waals surface area contributed by atoms with Gasteiger partial charge in [0, 0.05) is 34.5 Å². The van der Waals surface area contributed by atoms with Crippen molar-refractivity contribution >= 4 is 38.6 Å². The maximum absolute atomic E-state index is 12.4. The average Bonchev–Trinajstić information content (AvgIpc) is 3.21.